The minimum atomic E-state index is 0.200. The van der Waals surface area contributed by atoms with Crippen molar-refractivity contribution in [1.82, 2.24) is 0 Å². The lowest BCUT2D eigenvalue weighted by Crippen LogP contribution is -1.93. The van der Waals surface area contributed by atoms with Crippen molar-refractivity contribution < 1.29 is 5.11 Å². The van der Waals surface area contributed by atoms with Gasteiger partial charge in [-0.3, -0.25) is 0 Å². The van der Waals surface area contributed by atoms with Crippen molar-refractivity contribution in [3.05, 3.63) is 16.9 Å². The first-order valence-corrected chi connectivity index (χ1v) is 4.05. The van der Waals surface area contributed by atoms with Crippen molar-refractivity contribution >= 4 is 0 Å². The van der Waals surface area contributed by atoms with Crippen molar-refractivity contribution in [2.75, 3.05) is 6.61 Å². The van der Waals surface area contributed by atoms with Crippen LogP contribution >= 0.6 is 0 Å². The maximum Gasteiger partial charge on any atom is 0.0511 e. The third-order valence-electron chi connectivity index (χ3n) is 2.40. The summed E-state index contributed by atoms with van der Waals surface area (Å²) >= 11 is 0. The van der Waals surface area contributed by atoms with Crippen molar-refractivity contribution in [2.45, 2.75) is 27.7 Å². The topological polar surface area (TPSA) is 20.2 Å². The molecule has 11 heavy (non-hydrogen) atoms. The first-order valence-electron chi connectivity index (χ1n) is 4.05. The van der Waals surface area contributed by atoms with Crippen molar-refractivity contribution in [2.24, 2.45) is 11.3 Å². The van der Waals surface area contributed by atoms with E-state index in [1.807, 2.05) is 13.8 Å². The molecule has 1 fully saturated rings. The summed E-state index contributed by atoms with van der Waals surface area (Å²) in [5.41, 5.74) is 5.96. The molecule has 62 valence electrons. The van der Waals surface area contributed by atoms with Gasteiger partial charge in [0.05, 0.1) is 6.61 Å². The van der Waals surface area contributed by atoms with E-state index in [4.69, 9.17) is 5.11 Å². The standard InChI is InChI=1S/C10H16O/c1-7(2)5-8-9(6-11)10(8,3)4/h9,11H,6H2,1-4H3/t9-/m0/s1. The molecule has 0 aromatic rings. The van der Waals surface area contributed by atoms with Gasteiger partial charge in [-0.1, -0.05) is 13.8 Å². The van der Waals surface area contributed by atoms with E-state index < -0.39 is 0 Å². The maximum atomic E-state index is 8.95. The van der Waals surface area contributed by atoms with E-state index in [-0.39, 0.29) is 12.0 Å². The van der Waals surface area contributed by atoms with E-state index in [0.717, 1.165) is 0 Å². The SMILES string of the molecule is CC(C)=C=C1[C@H](CO)C1(C)C. The molecule has 1 rings (SSSR count). The third-order valence-corrected chi connectivity index (χ3v) is 2.40. The molecule has 1 atom stereocenters. The molecule has 0 aliphatic heterocycles. The molecular formula is C10H16O. The minimum absolute atomic E-state index is 0.200. The highest BCUT2D eigenvalue weighted by Crippen LogP contribution is 2.56. The van der Waals surface area contributed by atoms with Crippen molar-refractivity contribution in [1.29, 1.82) is 0 Å². The summed E-state index contributed by atoms with van der Waals surface area (Å²) in [6, 6.07) is 0. The number of aliphatic hydroxyl groups is 1. The Kier molecular flexibility index (Phi) is 1.96. The van der Waals surface area contributed by atoms with Gasteiger partial charge in [-0.2, -0.15) is 0 Å². The zero-order chi connectivity index (χ0) is 8.65. The van der Waals surface area contributed by atoms with Gasteiger partial charge in [0.1, 0.15) is 0 Å². The highest BCUT2D eigenvalue weighted by molar-refractivity contribution is 5.35. The molecular weight excluding hydrogens is 136 g/mol. The Labute approximate surface area is 68.4 Å². The van der Waals surface area contributed by atoms with Crippen LogP contribution in [0.4, 0.5) is 0 Å². The monoisotopic (exact) mass is 152 g/mol. The molecule has 1 saturated carbocycles. The molecule has 1 N–H and O–H groups in total. The second-order valence-electron chi connectivity index (χ2n) is 4.00. The van der Waals surface area contributed by atoms with E-state index in [1.54, 1.807) is 0 Å². The molecule has 0 aromatic heterocycles. The van der Waals surface area contributed by atoms with Gasteiger partial charge in [-0.05, 0) is 25.0 Å². The van der Waals surface area contributed by atoms with Crippen LogP contribution in [0, 0.1) is 11.3 Å². The predicted octanol–water partition coefficient (Wildman–Crippen LogP) is 2.13. The molecule has 0 aromatic carbocycles. The van der Waals surface area contributed by atoms with Gasteiger partial charge in [0.2, 0.25) is 0 Å². The predicted molar refractivity (Wildman–Crippen MR) is 46.2 cm³/mol. The van der Waals surface area contributed by atoms with E-state index in [9.17, 15) is 0 Å². The minimum Gasteiger partial charge on any atom is -0.396 e. The summed E-state index contributed by atoms with van der Waals surface area (Å²) in [5, 5.41) is 8.95. The lowest BCUT2D eigenvalue weighted by Gasteiger charge is -1.93. The fourth-order valence-electron chi connectivity index (χ4n) is 1.48. The van der Waals surface area contributed by atoms with Gasteiger partial charge in [0.15, 0.2) is 0 Å². The summed E-state index contributed by atoms with van der Waals surface area (Å²) < 4.78 is 0. The van der Waals surface area contributed by atoms with Crippen LogP contribution in [0.2, 0.25) is 0 Å². The number of rotatable bonds is 1. The van der Waals surface area contributed by atoms with Gasteiger partial charge in [-0.25, -0.2) is 0 Å². The Bertz CT molecular complexity index is 225. The zero-order valence-electron chi connectivity index (χ0n) is 7.73. The molecule has 1 aliphatic carbocycles. The molecule has 0 amide bonds. The Hall–Kier alpha value is -0.520. The second-order valence-corrected chi connectivity index (χ2v) is 4.00. The van der Waals surface area contributed by atoms with E-state index in [2.05, 4.69) is 19.6 Å². The first-order chi connectivity index (χ1) is 5.00. The Morgan fingerprint density at radius 3 is 2.36 bits per heavy atom. The van der Waals surface area contributed by atoms with Crippen LogP contribution in [-0.4, -0.2) is 11.7 Å². The Balaban J connectivity index is 2.91. The second kappa shape index (κ2) is 2.51. The summed E-state index contributed by atoms with van der Waals surface area (Å²) in [4.78, 5) is 0. The summed E-state index contributed by atoms with van der Waals surface area (Å²) in [5.74, 6) is 0.359. The van der Waals surface area contributed by atoms with Gasteiger partial charge in [0.25, 0.3) is 0 Å². The average molecular weight is 152 g/mol. The Morgan fingerprint density at radius 2 is 2.09 bits per heavy atom. The van der Waals surface area contributed by atoms with Crippen LogP contribution in [0.25, 0.3) is 0 Å². The summed E-state index contributed by atoms with van der Waals surface area (Å²) in [6.07, 6.45) is 0. The van der Waals surface area contributed by atoms with Gasteiger partial charge in [0, 0.05) is 11.3 Å². The van der Waals surface area contributed by atoms with Crippen LogP contribution in [0.1, 0.15) is 27.7 Å². The zero-order valence-corrected chi connectivity index (χ0v) is 7.73. The van der Waals surface area contributed by atoms with E-state index in [1.165, 1.54) is 11.1 Å². The summed E-state index contributed by atoms with van der Waals surface area (Å²) in [7, 11) is 0. The lowest BCUT2D eigenvalue weighted by molar-refractivity contribution is 0.259. The quantitative estimate of drug-likeness (QED) is 0.571. The van der Waals surface area contributed by atoms with Crippen molar-refractivity contribution in [3.8, 4) is 0 Å². The average Bonchev–Trinajstić information content (AvgIpc) is 2.33. The Morgan fingerprint density at radius 1 is 1.55 bits per heavy atom. The van der Waals surface area contributed by atoms with E-state index in [0.29, 0.717) is 5.92 Å². The van der Waals surface area contributed by atoms with Crippen LogP contribution in [0.15, 0.2) is 16.9 Å². The first kappa shape index (κ1) is 8.58. The van der Waals surface area contributed by atoms with Gasteiger partial charge in [-0.15, -0.1) is 5.73 Å². The van der Waals surface area contributed by atoms with Crippen molar-refractivity contribution in [3.63, 3.8) is 0 Å². The fourth-order valence-corrected chi connectivity index (χ4v) is 1.48. The molecule has 0 bridgehead atoms. The number of hydrogen-bond donors (Lipinski definition) is 1. The summed E-state index contributed by atoms with van der Waals surface area (Å²) in [6.45, 7) is 8.65. The molecule has 0 spiro atoms. The van der Waals surface area contributed by atoms with Crippen LogP contribution in [0.3, 0.4) is 0 Å². The van der Waals surface area contributed by atoms with Gasteiger partial charge >= 0.3 is 0 Å². The number of aliphatic hydroxyl groups excluding tert-OH is 1. The van der Waals surface area contributed by atoms with Crippen LogP contribution < -0.4 is 0 Å². The highest BCUT2D eigenvalue weighted by atomic mass is 16.3. The largest absolute Gasteiger partial charge is 0.396 e. The maximum absolute atomic E-state index is 8.95. The smallest absolute Gasteiger partial charge is 0.0511 e. The van der Waals surface area contributed by atoms with Gasteiger partial charge < -0.3 is 5.11 Å². The molecule has 0 unspecified atom stereocenters. The molecule has 0 heterocycles. The molecule has 1 nitrogen and oxygen atoms in total. The molecule has 1 heteroatoms. The third kappa shape index (κ3) is 1.40. The van der Waals surface area contributed by atoms with Crippen LogP contribution in [-0.2, 0) is 0 Å². The number of hydrogen-bond acceptors (Lipinski definition) is 1. The fraction of sp³-hybridized carbons (Fsp3) is 0.700. The molecule has 0 radical (unpaired) electrons. The van der Waals surface area contributed by atoms with Crippen LogP contribution in [0.5, 0.6) is 0 Å². The lowest BCUT2D eigenvalue weighted by atomic mass is 10.1. The highest BCUT2D eigenvalue weighted by Gasteiger charge is 2.51. The molecule has 0 saturated heterocycles. The molecule has 1 aliphatic rings. The van der Waals surface area contributed by atoms with E-state index >= 15 is 0 Å². The normalized spacial score (nSPS) is 26.3.